The molecule has 4 heterocycles. The van der Waals surface area contributed by atoms with Crippen molar-refractivity contribution in [1.29, 1.82) is 0 Å². The maximum absolute atomic E-state index is 5.29. The molecule has 0 fully saturated rings. The second kappa shape index (κ2) is 14.0. The van der Waals surface area contributed by atoms with Gasteiger partial charge in [0.05, 0.1) is 33.1 Å². The summed E-state index contributed by atoms with van der Waals surface area (Å²) >= 11 is 0. The summed E-state index contributed by atoms with van der Waals surface area (Å²) in [6.45, 7) is 0. The summed E-state index contributed by atoms with van der Waals surface area (Å²) in [5.41, 5.74) is 13.0. The molecule has 0 aliphatic rings. The normalized spacial score (nSPS) is 11.8. The van der Waals surface area contributed by atoms with Gasteiger partial charge in [0.25, 0.3) is 0 Å². The molecule has 63 heavy (non-hydrogen) atoms. The van der Waals surface area contributed by atoms with Gasteiger partial charge < -0.3 is 9.13 Å². The summed E-state index contributed by atoms with van der Waals surface area (Å²) < 4.78 is 7.06. The van der Waals surface area contributed by atoms with Crippen molar-refractivity contribution in [3.05, 3.63) is 218 Å². The van der Waals surface area contributed by atoms with E-state index in [4.69, 9.17) is 15.0 Å². The second-order valence-electron chi connectivity index (χ2n) is 16.0. The van der Waals surface area contributed by atoms with Crippen LogP contribution in [-0.2, 0) is 0 Å². The Morgan fingerprint density at radius 3 is 1.32 bits per heavy atom. The van der Waals surface area contributed by atoms with Crippen LogP contribution in [0.3, 0.4) is 0 Å². The molecular formula is C57H36N6. The molecule has 0 saturated heterocycles. The van der Waals surface area contributed by atoms with Crippen molar-refractivity contribution >= 4 is 65.4 Å². The molecule has 6 heteroatoms. The van der Waals surface area contributed by atoms with E-state index in [1.165, 1.54) is 27.2 Å². The Morgan fingerprint density at radius 2 is 0.683 bits per heavy atom. The average Bonchev–Trinajstić information content (AvgIpc) is 4.00. The zero-order valence-electron chi connectivity index (χ0n) is 34.0. The molecule has 294 valence electrons. The van der Waals surface area contributed by atoms with E-state index in [9.17, 15) is 0 Å². The van der Waals surface area contributed by atoms with Crippen molar-refractivity contribution in [3.63, 3.8) is 0 Å². The van der Waals surface area contributed by atoms with Gasteiger partial charge in [-0.05, 0) is 65.7 Å². The first-order valence-electron chi connectivity index (χ1n) is 21.3. The van der Waals surface area contributed by atoms with Crippen molar-refractivity contribution < 1.29 is 0 Å². The lowest BCUT2D eigenvalue weighted by Gasteiger charge is -2.13. The van der Waals surface area contributed by atoms with Crippen LogP contribution in [-0.4, -0.2) is 28.7 Å². The highest BCUT2D eigenvalue weighted by atomic mass is 15.2. The van der Waals surface area contributed by atoms with Gasteiger partial charge in [-0.25, -0.2) is 4.98 Å². The van der Waals surface area contributed by atoms with Crippen LogP contribution >= 0.6 is 0 Å². The Balaban J connectivity index is 1.11. The predicted molar refractivity (Wildman–Crippen MR) is 259 cm³/mol. The Morgan fingerprint density at radius 1 is 0.254 bits per heavy atom. The number of fused-ring (bicyclic) bond motifs is 10. The van der Waals surface area contributed by atoms with E-state index in [2.05, 4.69) is 196 Å². The van der Waals surface area contributed by atoms with Gasteiger partial charge in [-0.2, -0.15) is 9.97 Å². The van der Waals surface area contributed by atoms with Crippen LogP contribution in [0.5, 0.6) is 0 Å². The average molecular weight is 805 g/mol. The molecule has 0 atom stereocenters. The number of para-hydroxylation sites is 4. The number of rotatable bonds is 6. The van der Waals surface area contributed by atoms with E-state index in [0.717, 1.165) is 71.9 Å². The molecule has 0 bridgehead atoms. The highest BCUT2D eigenvalue weighted by Crippen LogP contribution is 2.43. The third-order valence-corrected chi connectivity index (χ3v) is 12.5. The molecule has 0 N–H and O–H groups in total. The highest BCUT2D eigenvalue weighted by Gasteiger charge is 2.24. The van der Waals surface area contributed by atoms with Gasteiger partial charge in [0, 0.05) is 54.8 Å². The number of nitrogens with zero attached hydrogens (tertiary/aromatic N) is 6. The summed E-state index contributed by atoms with van der Waals surface area (Å²) in [7, 11) is 0. The predicted octanol–water partition coefficient (Wildman–Crippen LogP) is 14.2. The topological polar surface area (TPSA) is 53.5 Å². The van der Waals surface area contributed by atoms with Crippen LogP contribution in [0.15, 0.2) is 218 Å². The quantitative estimate of drug-likeness (QED) is 0.168. The molecule has 0 saturated carbocycles. The number of aromatic nitrogens is 6. The lowest BCUT2D eigenvalue weighted by Crippen LogP contribution is -2.07. The maximum Gasteiger partial charge on any atom is 0.238 e. The lowest BCUT2D eigenvalue weighted by atomic mass is 10.0. The maximum atomic E-state index is 5.29. The smallest absolute Gasteiger partial charge is 0.238 e. The Labute approximate surface area is 362 Å². The van der Waals surface area contributed by atoms with E-state index in [1.807, 2.05) is 36.4 Å². The molecule has 0 spiro atoms. The molecule has 0 radical (unpaired) electrons. The summed E-state index contributed by atoms with van der Waals surface area (Å²) in [6, 6.07) is 77.4. The fourth-order valence-corrected chi connectivity index (χ4v) is 9.69. The number of hydrogen-bond acceptors (Lipinski definition) is 3. The zero-order chi connectivity index (χ0) is 41.4. The Bertz CT molecular complexity index is 3830. The molecule has 4 aromatic heterocycles. The third-order valence-electron chi connectivity index (χ3n) is 12.5. The third kappa shape index (κ3) is 5.48. The van der Waals surface area contributed by atoms with Gasteiger partial charge in [0.15, 0.2) is 11.6 Å². The molecule has 0 unspecified atom stereocenters. The first-order valence-corrected chi connectivity index (χ1v) is 21.3. The molecule has 6 nitrogen and oxygen atoms in total. The molecule has 13 aromatic rings. The van der Waals surface area contributed by atoms with Crippen LogP contribution in [0, 0.1) is 0 Å². The van der Waals surface area contributed by atoms with Crippen LogP contribution in [0.1, 0.15) is 0 Å². The first-order chi connectivity index (χ1) is 31.3. The molecule has 0 amide bonds. The van der Waals surface area contributed by atoms with E-state index in [0.29, 0.717) is 17.6 Å². The summed E-state index contributed by atoms with van der Waals surface area (Å²) in [5, 5.41) is 7.05. The van der Waals surface area contributed by atoms with Crippen LogP contribution in [0.25, 0.3) is 117 Å². The van der Waals surface area contributed by atoms with E-state index in [-0.39, 0.29) is 0 Å². The molecule has 9 aromatic carbocycles. The van der Waals surface area contributed by atoms with Crippen molar-refractivity contribution in [3.8, 4) is 51.2 Å². The lowest BCUT2D eigenvalue weighted by molar-refractivity contribution is 0.953. The fraction of sp³-hybridized carbons (Fsp3) is 0. The second-order valence-corrected chi connectivity index (χ2v) is 16.0. The van der Waals surface area contributed by atoms with Gasteiger partial charge in [-0.1, -0.05) is 164 Å². The minimum absolute atomic E-state index is 0.564. The molecule has 0 aliphatic carbocycles. The summed E-state index contributed by atoms with van der Waals surface area (Å²) in [6.07, 6.45) is 0. The molecule has 13 rings (SSSR count). The zero-order valence-corrected chi connectivity index (χ0v) is 34.0. The van der Waals surface area contributed by atoms with Crippen molar-refractivity contribution in [2.24, 2.45) is 0 Å². The van der Waals surface area contributed by atoms with Crippen molar-refractivity contribution in [2.75, 3.05) is 0 Å². The Hall–Kier alpha value is -8.61. The van der Waals surface area contributed by atoms with Crippen LogP contribution < -0.4 is 0 Å². The van der Waals surface area contributed by atoms with Gasteiger partial charge in [-0.3, -0.25) is 4.57 Å². The van der Waals surface area contributed by atoms with Crippen molar-refractivity contribution in [1.82, 2.24) is 28.7 Å². The highest BCUT2D eigenvalue weighted by molar-refractivity contribution is 6.24. The molecule has 0 aliphatic heterocycles. The van der Waals surface area contributed by atoms with Crippen LogP contribution in [0.2, 0.25) is 0 Å². The monoisotopic (exact) mass is 804 g/mol. The van der Waals surface area contributed by atoms with Gasteiger partial charge in [0.1, 0.15) is 0 Å². The first kappa shape index (κ1) is 35.2. The largest absolute Gasteiger partial charge is 0.309 e. The summed E-state index contributed by atoms with van der Waals surface area (Å²) in [4.78, 5) is 15.6. The van der Waals surface area contributed by atoms with Gasteiger partial charge >= 0.3 is 0 Å². The SMILES string of the molecule is c1ccc(-c2nc(-c3ccccc3)nc(-n3c4ccccc4c4ccc5c6cc(-c7ccc8c9ccccc9n(-c9ccccc9)c8c7)ccc6n(-c6ccccc6)c5c43)n2)cc1. The van der Waals surface area contributed by atoms with Crippen molar-refractivity contribution in [2.45, 2.75) is 0 Å². The standard InChI is InChI=1S/C57H36N6/c1-5-17-37(18-6-1)55-58-56(38-19-7-2-8-20-38)60-57(59-55)63-50-28-16-14-26-44(50)46-32-33-47-48-35-39(30-34-51(48)62(53(47)54(46)63)42-23-11-4-12-24-42)40-29-31-45-43-25-13-15-27-49(43)61(52(45)36-40)41-21-9-3-10-22-41/h1-36H. The molecular weight excluding hydrogens is 769 g/mol. The van der Waals surface area contributed by atoms with Gasteiger partial charge in [0.2, 0.25) is 5.95 Å². The van der Waals surface area contributed by atoms with E-state index < -0.39 is 0 Å². The number of benzene rings is 9. The summed E-state index contributed by atoms with van der Waals surface area (Å²) in [5.74, 6) is 1.80. The van der Waals surface area contributed by atoms with E-state index >= 15 is 0 Å². The van der Waals surface area contributed by atoms with E-state index in [1.54, 1.807) is 0 Å². The fourth-order valence-electron chi connectivity index (χ4n) is 9.69. The minimum Gasteiger partial charge on any atom is -0.309 e. The Kier molecular flexibility index (Phi) is 7.80. The van der Waals surface area contributed by atoms with Crippen LogP contribution in [0.4, 0.5) is 0 Å². The minimum atomic E-state index is 0.564. The van der Waals surface area contributed by atoms with Gasteiger partial charge in [-0.15, -0.1) is 0 Å². The number of hydrogen-bond donors (Lipinski definition) is 0.